The van der Waals surface area contributed by atoms with Crippen molar-refractivity contribution in [3.8, 4) is 0 Å². The Hall–Kier alpha value is -0.190. The summed E-state index contributed by atoms with van der Waals surface area (Å²) in [6.45, 7) is 2.17. The van der Waals surface area contributed by atoms with Crippen molar-refractivity contribution in [1.82, 2.24) is 4.90 Å². The highest BCUT2D eigenvalue weighted by molar-refractivity contribution is 7.80. The van der Waals surface area contributed by atoms with Gasteiger partial charge in [0.25, 0.3) is 0 Å². The van der Waals surface area contributed by atoms with Crippen molar-refractivity contribution in [2.75, 3.05) is 13.1 Å². The lowest BCUT2D eigenvalue weighted by Crippen LogP contribution is -2.43. The number of likely N-dealkylation sites (tertiary alicyclic amines) is 1. The van der Waals surface area contributed by atoms with Gasteiger partial charge in [-0.2, -0.15) is 0 Å². The highest BCUT2D eigenvalue weighted by atomic mass is 32.1. The van der Waals surface area contributed by atoms with Crippen molar-refractivity contribution in [2.45, 2.75) is 69.1 Å². The van der Waals surface area contributed by atoms with Crippen LogP contribution in [-0.4, -0.2) is 40.7 Å². The van der Waals surface area contributed by atoms with E-state index in [4.69, 9.17) is 22.7 Å². The van der Waals surface area contributed by atoms with Gasteiger partial charge < -0.3 is 10.5 Å². The Morgan fingerprint density at radius 1 is 1.22 bits per heavy atom. The molecule has 4 heteroatoms. The smallest absolute Gasteiger partial charge is 0.0902 e. The van der Waals surface area contributed by atoms with Crippen LogP contribution in [0.2, 0.25) is 0 Å². The van der Waals surface area contributed by atoms with E-state index in [0.29, 0.717) is 17.1 Å². The van der Waals surface area contributed by atoms with Gasteiger partial charge in [0.1, 0.15) is 0 Å². The van der Waals surface area contributed by atoms with E-state index in [1.54, 1.807) is 0 Å². The molecular weight excluding hydrogens is 244 g/mol. The van der Waals surface area contributed by atoms with Gasteiger partial charge in [-0.3, -0.25) is 4.90 Å². The van der Waals surface area contributed by atoms with Crippen LogP contribution < -0.4 is 5.73 Å². The molecule has 2 aliphatic heterocycles. The van der Waals surface area contributed by atoms with E-state index in [1.165, 1.54) is 44.9 Å². The first-order valence-corrected chi connectivity index (χ1v) is 7.81. The first-order chi connectivity index (χ1) is 8.69. The molecule has 0 radical (unpaired) electrons. The van der Waals surface area contributed by atoms with Gasteiger partial charge in [-0.1, -0.05) is 25.1 Å². The minimum Gasteiger partial charge on any atom is -0.392 e. The minimum atomic E-state index is 0.253. The minimum absolute atomic E-state index is 0.253. The maximum Gasteiger partial charge on any atom is 0.0902 e. The third-order valence-corrected chi connectivity index (χ3v) is 5.26. The van der Waals surface area contributed by atoms with Gasteiger partial charge in [-0.15, -0.1) is 0 Å². The largest absolute Gasteiger partial charge is 0.392 e. The fourth-order valence-electron chi connectivity index (χ4n) is 4.04. The fraction of sp³-hybridized carbons (Fsp3) is 0.929. The number of thiocarbonyl (C=S) groups is 1. The van der Waals surface area contributed by atoms with E-state index in [0.717, 1.165) is 19.5 Å². The van der Waals surface area contributed by atoms with Gasteiger partial charge >= 0.3 is 0 Å². The van der Waals surface area contributed by atoms with Crippen LogP contribution in [0.25, 0.3) is 0 Å². The van der Waals surface area contributed by atoms with Crippen molar-refractivity contribution in [2.24, 2.45) is 5.73 Å². The van der Waals surface area contributed by atoms with E-state index >= 15 is 0 Å². The standard InChI is InChI=1S/C14H24N2OS/c15-13(18)12-4-3-9-16(12)10-11-5-8-14(17-11)6-1-2-7-14/h11-12H,1-10H2,(H2,15,18). The molecule has 2 unspecified atom stereocenters. The van der Waals surface area contributed by atoms with Gasteiger partial charge in [0, 0.05) is 6.54 Å². The predicted molar refractivity (Wildman–Crippen MR) is 76.7 cm³/mol. The first-order valence-electron chi connectivity index (χ1n) is 7.40. The Balaban J connectivity index is 1.56. The molecule has 3 aliphatic rings. The molecule has 0 aromatic heterocycles. The van der Waals surface area contributed by atoms with Crippen molar-refractivity contribution in [3.05, 3.63) is 0 Å². The number of ether oxygens (including phenoxy) is 1. The van der Waals surface area contributed by atoms with Crippen LogP contribution in [0.1, 0.15) is 51.4 Å². The van der Waals surface area contributed by atoms with Crippen LogP contribution in [0.3, 0.4) is 0 Å². The molecule has 1 saturated carbocycles. The lowest BCUT2D eigenvalue weighted by molar-refractivity contribution is -0.0466. The van der Waals surface area contributed by atoms with Crippen LogP contribution in [0.5, 0.6) is 0 Å². The summed E-state index contributed by atoms with van der Waals surface area (Å²) in [6, 6.07) is 0.323. The van der Waals surface area contributed by atoms with E-state index < -0.39 is 0 Å². The summed E-state index contributed by atoms with van der Waals surface area (Å²) < 4.78 is 6.37. The monoisotopic (exact) mass is 268 g/mol. The summed E-state index contributed by atoms with van der Waals surface area (Å²) in [5, 5.41) is 0. The molecule has 18 heavy (non-hydrogen) atoms. The highest BCUT2D eigenvalue weighted by Gasteiger charge is 2.43. The lowest BCUT2D eigenvalue weighted by Gasteiger charge is -2.28. The number of hydrogen-bond donors (Lipinski definition) is 1. The molecule has 2 saturated heterocycles. The molecule has 1 spiro atoms. The van der Waals surface area contributed by atoms with Crippen LogP contribution in [0, 0.1) is 0 Å². The third kappa shape index (κ3) is 2.43. The Bertz CT molecular complexity index is 328. The molecule has 3 nitrogen and oxygen atoms in total. The molecule has 2 atom stereocenters. The van der Waals surface area contributed by atoms with Crippen LogP contribution in [0.4, 0.5) is 0 Å². The van der Waals surface area contributed by atoms with E-state index in [1.807, 2.05) is 0 Å². The average Bonchev–Trinajstić information content (AvgIpc) is 3.03. The fourth-order valence-corrected chi connectivity index (χ4v) is 4.31. The van der Waals surface area contributed by atoms with Crippen molar-refractivity contribution < 1.29 is 4.74 Å². The Morgan fingerprint density at radius 3 is 2.72 bits per heavy atom. The second-order valence-corrected chi connectivity index (χ2v) is 6.70. The molecule has 102 valence electrons. The lowest BCUT2D eigenvalue weighted by atomic mass is 9.98. The highest BCUT2D eigenvalue weighted by Crippen LogP contribution is 2.43. The SMILES string of the molecule is NC(=S)C1CCCN1CC1CCC2(CCCC2)O1. The molecule has 0 aromatic carbocycles. The van der Waals surface area contributed by atoms with Crippen LogP contribution in [-0.2, 0) is 4.74 Å². The normalized spacial score (nSPS) is 35.6. The summed E-state index contributed by atoms with van der Waals surface area (Å²) in [7, 11) is 0. The molecular formula is C14H24N2OS. The number of nitrogens with zero attached hydrogens (tertiary/aromatic N) is 1. The summed E-state index contributed by atoms with van der Waals surface area (Å²) >= 11 is 5.17. The zero-order valence-electron chi connectivity index (χ0n) is 11.1. The van der Waals surface area contributed by atoms with Gasteiger partial charge in [0.05, 0.1) is 22.7 Å². The second kappa shape index (κ2) is 5.06. The van der Waals surface area contributed by atoms with Gasteiger partial charge in [-0.25, -0.2) is 0 Å². The van der Waals surface area contributed by atoms with Crippen molar-refractivity contribution in [1.29, 1.82) is 0 Å². The van der Waals surface area contributed by atoms with Gasteiger partial charge in [-0.05, 0) is 45.1 Å². The number of nitrogens with two attached hydrogens (primary N) is 1. The average molecular weight is 268 g/mol. The maximum atomic E-state index is 6.37. The summed E-state index contributed by atoms with van der Waals surface area (Å²) in [6.07, 6.45) is 10.5. The summed E-state index contributed by atoms with van der Waals surface area (Å²) in [4.78, 5) is 3.11. The number of rotatable bonds is 3. The van der Waals surface area contributed by atoms with Gasteiger partial charge in [0.15, 0.2) is 0 Å². The molecule has 2 heterocycles. The number of hydrogen-bond acceptors (Lipinski definition) is 3. The van der Waals surface area contributed by atoms with Crippen LogP contribution >= 0.6 is 12.2 Å². The topological polar surface area (TPSA) is 38.5 Å². The molecule has 0 bridgehead atoms. The second-order valence-electron chi connectivity index (χ2n) is 6.22. The van der Waals surface area contributed by atoms with E-state index in [2.05, 4.69) is 4.90 Å². The van der Waals surface area contributed by atoms with Crippen molar-refractivity contribution >= 4 is 17.2 Å². The van der Waals surface area contributed by atoms with Crippen LogP contribution in [0.15, 0.2) is 0 Å². The zero-order valence-corrected chi connectivity index (χ0v) is 11.9. The predicted octanol–water partition coefficient (Wildman–Crippen LogP) is 2.23. The molecule has 3 fully saturated rings. The Kier molecular flexibility index (Phi) is 3.61. The van der Waals surface area contributed by atoms with Crippen molar-refractivity contribution in [3.63, 3.8) is 0 Å². The molecule has 0 amide bonds. The molecule has 0 aromatic rings. The van der Waals surface area contributed by atoms with Gasteiger partial charge in [0.2, 0.25) is 0 Å². The summed E-state index contributed by atoms with van der Waals surface area (Å²) in [5.74, 6) is 0. The zero-order chi connectivity index (χ0) is 12.6. The molecule has 2 N–H and O–H groups in total. The first kappa shape index (κ1) is 12.8. The summed E-state index contributed by atoms with van der Waals surface area (Å²) in [5.41, 5.74) is 6.08. The quantitative estimate of drug-likeness (QED) is 0.797. The Morgan fingerprint density at radius 2 is 2.00 bits per heavy atom. The van der Waals surface area contributed by atoms with E-state index in [-0.39, 0.29) is 5.60 Å². The van der Waals surface area contributed by atoms with E-state index in [9.17, 15) is 0 Å². The maximum absolute atomic E-state index is 6.37. The third-order valence-electron chi connectivity index (χ3n) is 4.98. The molecule has 3 rings (SSSR count). The Labute approximate surface area is 115 Å². The molecule has 1 aliphatic carbocycles.